The van der Waals surface area contributed by atoms with Crippen LogP contribution < -0.4 is 11.1 Å². The number of carbonyl (C=O) groups is 1. The van der Waals surface area contributed by atoms with Gasteiger partial charge in [0, 0.05) is 5.69 Å². The second-order valence-electron chi connectivity index (χ2n) is 5.83. The highest BCUT2D eigenvalue weighted by Gasteiger charge is 2.42. The molecule has 1 aromatic rings. The number of anilines is 1. The van der Waals surface area contributed by atoms with E-state index in [0.717, 1.165) is 19.3 Å². The van der Waals surface area contributed by atoms with Gasteiger partial charge in [-0.25, -0.2) is 9.97 Å². The summed E-state index contributed by atoms with van der Waals surface area (Å²) < 4.78 is 5.93. The number of nitrogens with one attached hydrogen (secondary N) is 1. The van der Waals surface area contributed by atoms with Crippen LogP contribution in [0.4, 0.5) is 5.95 Å². The molecule has 1 aliphatic carbocycles. The summed E-state index contributed by atoms with van der Waals surface area (Å²) >= 11 is 0. The molecule has 6 nitrogen and oxygen atoms in total. The van der Waals surface area contributed by atoms with Crippen LogP contribution in [0.25, 0.3) is 0 Å². The van der Waals surface area contributed by atoms with Gasteiger partial charge in [0.15, 0.2) is 0 Å². The smallest absolute Gasteiger partial charge is 0.270 e. The van der Waals surface area contributed by atoms with Crippen molar-refractivity contribution in [3.63, 3.8) is 0 Å². The molecule has 108 valence electrons. The number of nitrogen functional groups attached to an aromatic ring is 1. The fourth-order valence-electron chi connectivity index (χ4n) is 3.27. The van der Waals surface area contributed by atoms with Crippen molar-refractivity contribution >= 4 is 11.9 Å². The van der Waals surface area contributed by atoms with Crippen molar-refractivity contribution in [3.8, 4) is 0 Å². The molecule has 2 fully saturated rings. The van der Waals surface area contributed by atoms with Crippen molar-refractivity contribution in [3.05, 3.63) is 17.5 Å². The predicted octanol–water partition coefficient (Wildman–Crippen LogP) is 1.20. The summed E-state index contributed by atoms with van der Waals surface area (Å²) in [5.41, 5.74) is 6.60. The first kappa shape index (κ1) is 13.3. The first-order chi connectivity index (χ1) is 9.56. The molecular weight excluding hydrogens is 256 g/mol. The van der Waals surface area contributed by atoms with Crippen molar-refractivity contribution in [2.24, 2.45) is 0 Å². The largest absolute Gasteiger partial charge is 0.373 e. The number of nitrogens with zero attached hydrogens (tertiary/aromatic N) is 2. The van der Waals surface area contributed by atoms with Gasteiger partial charge in [0.25, 0.3) is 5.91 Å². The summed E-state index contributed by atoms with van der Waals surface area (Å²) in [6, 6.07) is 1.71. The number of aryl methyl sites for hydroxylation is 1. The summed E-state index contributed by atoms with van der Waals surface area (Å²) in [5, 5.41) is 2.99. The van der Waals surface area contributed by atoms with Crippen LogP contribution in [0.3, 0.4) is 0 Å². The van der Waals surface area contributed by atoms with Crippen molar-refractivity contribution in [2.45, 2.75) is 50.7 Å². The van der Waals surface area contributed by atoms with Gasteiger partial charge in [-0.05, 0) is 32.3 Å². The maximum absolute atomic E-state index is 12.2. The Balaban J connectivity index is 1.65. The molecule has 3 N–H and O–H groups in total. The average Bonchev–Trinajstić information content (AvgIpc) is 2.99. The van der Waals surface area contributed by atoms with E-state index in [1.165, 1.54) is 12.8 Å². The summed E-state index contributed by atoms with van der Waals surface area (Å²) in [7, 11) is 0. The number of aromatic nitrogens is 2. The zero-order valence-electron chi connectivity index (χ0n) is 11.7. The van der Waals surface area contributed by atoms with Crippen molar-refractivity contribution < 1.29 is 9.53 Å². The molecule has 6 heteroatoms. The van der Waals surface area contributed by atoms with E-state index < -0.39 is 0 Å². The van der Waals surface area contributed by atoms with Crippen molar-refractivity contribution in [1.29, 1.82) is 0 Å². The van der Waals surface area contributed by atoms with Gasteiger partial charge in [0.1, 0.15) is 5.69 Å². The van der Waals surface area contributed by atoms with Gasteiger partial charge < -0.3 is 15.8 Å². The van der Waals surface area contributed by atoms with E-state index in [9.17, 15) is 4.79 Å². The topological polar surface area (TPSA) is 90.1 Å². The maximum atomic E-state index is 12.2. The fourth-order valence-corrected chi connectivity index (χ4v) is 3.27. The molecule has 0 unspecified atom stereocenters. The standard InChI is InChI=1S/C14H20N4O2/c1-9-6-11(18-13(15)16-9)12(19)17-10-7-14(20-8-10)4-2-3-5-14/h6,10H,2-5,7-8H2,1H3,(H,17,19)(H2,15,16,18)/t10-/m1/s1. The number of hydrogen-bond acceptors (Lipinski definition) is 5. The van der Waals surface area contributed by atoms with Crippen LogP contribution >= 0.6 is 0 Å². The Labute approximate surface area is 118 Å². The minimum Gasteiger partial charge on any atom is -0.373 e. The lowest BCUT2D eigenvalue weighted by molar-refractivity contribution is 0.00987. The quantitative estimate of drug-likeness (QED) is 0.847. The second-order valence-corrected chi connectivity index (χ2v) is 5.83. The molecule has 2 heterocycles. The normalized spacial score (nSPS) is 24.1. The summed E-state index contributed by atoms with van der Waals surface area (Å²) in [4.78, 5) is 20.1. The van der Waals surface area contributed by atoms with Crippen LogP contribution in [0.15, 0.2) is 6.07 Å². The first-order valence-corrected chi connectivity index (χ1v) is 7.12. The molecule has 1 aromatic heterocycles. The third-order valence-corrected chi connectivity index (χ3v) is 4.16. The Bertz CT molecular complexity index is 506. The number of carbonyl (C=O) groups excluding carboxylic acids is 1. The molecule has 0 bridgehead atoms. The maximum Gasteiger partial charge on any atom is 0.270 e. The Kier molecular flexibility index (Phi) is 3.33. The highest BCUT2D eigenvalue weighted by Crippen LogP contribution is 2.40. The van der Waals surface area contributed by atoms with Crippen molar-refractivity contribution in [2.75, 3.05) is 12.3 Å². The van der Waals surface area contributed by atoms with Crippen LogP contribution in [0.2, 0.25) is 0 Å². The second kappa shape index (κ2) is 5.01. The number of ether oxygens (including phenoxy) is 1. The Hall–Kier alpha value is -1.69. The molecule has 0 aromatic carbocycles. The van der Waals surface area contributed by atoms with Gasteiger partial charge in [0.05, 0.1) is 18.2 Å². The van der Waals surface area contributed by atoms with E-state index in [-0.39, 0.29) is 23.5 Å². The van der Waals surface area contributed by atoms with Crippen LogP contribution in [0.5, 0.6) is 0 Å². The van der Waals surface area contributed by atoms with Gasteiger partial charge in [-0.1, -0.05) is 12.8 Å². The Morgan fingerprint density at radius 3 is 2.90 bits per heavy atom. The predicted molar refractivity (Wildman–Crippen MR) is 74.2 cm³/mol. The first-order valence-electron chi connectivity index (χ1n) is 7.12. The molecule has 3 rings (SSSR count). The van der Waals surface area contributed by atoms with Crippen LogP contribution in [-0.2, 0) is 4.74 Å². The summed E-state index contributed by atoms with van der Waals surface area (Å²) in [6.07, 6.45) is 5.57. The number of amides is 1. The van der Waals surface area contributed by atoms with E-state index in [2.05, 4.69) is 15.3 Å². The monoisotopic (exact) mass is 276 g/mol. The Morgan fingerprint density at radius 1 is 1.45 bits per heavy atom. The molecule has 1 amide bonds. The van der Waals surface area contributed by atoms with E-state index in [1.807, 2.05) is 0 Å². The van der Waals surface area contributed by atoms with Gasteiger partial charge in [-0.15, -0.1) is 0 Å². The zero-order valence-corrected chi connectivity index (χ0v) is 11.7. The summed E-state index contributed by atoms with van der Waals surface area (Å²) in [5.74, 6) is -0.0732. The van der Waals surface area contributed by atoms with Crippen molar-refractivity contribution in [1.82, 2.24) is 15.3 Å². The lowest BCUT2D eigenvalue weighted by Gasteiger charge is -2.21. The molecule has 20 heavy (non-hydrogen) atoms. The molecule has 1 saturated heterocycles. The van der Waals surface area contributed by atoms with Crippen LogP contribution in [-0.4, -0.2) is 34.1 Å². The minimum atomic E-state index is -0.203. The molecule has 0 radical (unpaired) electrons. The van der Waals surface area contributed by atoms with E-state index in [4.69, 9.17) is 10.5 Å². The zero-order chi connectivity index (χ0) is 14.2. The lowest BCUT2D eigenvalue weighted by atomic mass is 9.96. The molecule has 2 aliphatic rings. The molecule has 1 atom stereocenters. The molecule has 1 saturated carbocycles. The third-order valence-electron chi connectivity index (χ3n) is 4.16. The van der Waals surface area contributed by atoms with E-state index >= 15 is 0 Å². The number of rotatable bonds is 2. The molecule has 1 spiro atoms. The molecular formula is C14H20N4O2. The van der Waals surface area contributed by atoms with E-state index in [0.29, 0.717) is 18.0 Å². The minimum absolute atomic E-state index is 0.0125. The number of hydrogen-bond donors (Lipinski definition) is 2. The van der Waals surface area contributed by atoms with Gasteiger partial charge in [-0.2, -0.15) is 0 Å². The van der Waals surface area contributed by atoms with Crippen LogP contribution in [0, 0.1) is 6.92 Å². The van der Waals surface area contributed by atoms with Gasteiger partial charge >= 0.3 is 0 Å². The average molecular weight is 276 g/mol. The van der Waals surface area contributed by atoms with Crippen LogP contribution in [0.1, 0.15) is 48.3 Å². The fraction of sp³-hybridized carbons (Fsp3) is 0.643. The van der Waals surface area contributed by atoms with E-state index in [1.54, 1.807) is 13.0 Å². The summed E-state index contributed by atoms with van der Waals surface area (Å²) in [6.45, 7) is 2.38. The lowest BCUT2D eigenvalue weighted by Crippen LogP contribution is -2.36. The molecule has 1 aliphatic heterocycles. The highest BCUT2D eigenvalue weighted by molar-refractivity contribution is 5.92. The Morgan fingerprint density at radius 2 is 2.20 bits per heavy atom. The highest BCUT2D eigenvalue weighted by atomic mass is 16.5. The van der Waals surface area contributed by atoms with Gasteiger partial charge in [-0.3, -0.25) is 4.79 Å². The third kappa shape index (κ3) is 2.60. The van der Waals surface area contributed by atoms with Gasteiger partial charge in [0.2, 0.25) is 5.95 Å². The number of nitrogens with two attached hydrogens (primary N) is 1. The SMILES string of the molecule is Cc1cc(C(=O)N[C@H]2COC3(CCCC3)C2)nc(N)n1.